The molecule has 1 aromatic carbocycles. The van der Waals surface area contributed by atoms with E-state index < -0.39 is 12.0 Å². The molecule has 16 heavy (non-hydrogen) atoms. The van der Waals surface area contributed by atoms with Crippen molar-refractivity contribution in [2.45, 2.75) is 18.9 Å². The van der Waals surface area contributed by atoms with E-state index in [-0.39, 0.29) is 0 Å². The van der Waals surface area contributed by atoms with Gasteiger partial charge in [-0.1, -0.05) is 17.7 Å². The maximum Gasteiger partial charge on any atom is 0.260 e. The maximum atomic E-state index is 12.8. The van der Waals surface area contributed by atoms with Crippen LogP contribution in [-0.2, 0) is 5.54 Å². The van der Waals surface area contributed by atoms with Crippen molar-refractivity contribution in [2.24, 2.45) is 5.73 Å². The molecular weight excluding hydrogens is 234 g/mol. The van der Waals surface area contributed by atoms with E-state index >= 15 is 0 Å². The second-order valence-corrected chi connectivity index (χ2v) is 4.41. The lowest BCUT2D eigenvalue weighted by Gasteiger charge is -2.23. The van der Waals surface area contributed by atoms with Crippen LogP contribution in [0.4, 0.5) is 8.78 Å². The molecular formula is C11H11ClF2N2. The summed E-state index contributed by atoms with van der Waals surface area (Å²) in [5.74, 6) is 0. The number of fused-ring (bicyclic) bond motifs is 1. The minimum Gasteiger partial charge on any atom is -0.361 e. The average molecular weight is 245 g/mol. The molecule has 0 saturated heterocycles. The van der Waals surface area contributed by atoms with Crippen LogP contribution < -0.4 is 5.73 Å². The van der Waals surface area contributed by atoms with E-state index in [1.165, 1.54) is 13.1 Å². The van der Waals surface area contributed by atoms with Crippen molar-refractivity contribution in [3.8, 4) is 0 Å². The fraction of sp³-hybridized carbons (Fsp3) is 0.273. The Bertz CT molecular complexity index is 520. The predicted molar refractivity (Wildman–Crippen MR) is 60.9 cm³/mol. The largest absolute Gasteiger partial charge is 0.361 e. The summed E-state index contributed by atoms with van der Waals surface area (Å²) in [5.41, 5.74) is 5.07. The van der Waals surface area contributed by atoms with Crippen LogP contribution in [0.15, 0.2) is 24.4 Å². The summed E-state index contributed by atoms with van der Waals surface area (Å²) in [6.07, 6.45) is -1.12. The van der Waals surface area contributed by atoms with Crippen LogP contribution in [0, 0.1) is 0 Å². The topological polar surface area (TPSA) is 41.8 Å². The molecule has 0 amide bonds. The first-order valence-electron chi connectivity index (χ1n) is 4.77. The molecule has 2 rings (SSSR count). The maximum absolute atomic E-state index is 12.8. The van der Waals surface area contributed by atoms with Gasteiger partial charge in [0.25, 0.3) is 6.43 Å². The molecule has 3 N–H and O–H groups in total. The molecule has 2 nitrogen and oxygen atoms in total. The van der Waals surface area contributed by atoms with Gasteiger partial charge in [-0.15, -0.1) is 0 Å². The molecule has 86 valence electrons. The highest BCUT2D eigenvalue weighted by Gasteiger charge is 2.34. The van der Waals surface area contributed by atoms with Gasteiger partial charge in [0, 0.05) is 27.7 Å². The van der Waals surface area contributed by atoms with E-state index in [0.717, 1.165) is 0 Å². The Morgan fingerprint density at radius 2 is 2.12 bits per heavy atom. The second-order valence-electron chi connectivity index (χ2n) is 3.98. The molecule has 0 radical (unpaired) electrons. The number of hydrogen-bond donors (Lipinski definition) is 2. The minimum atomic E-state index is -2.62. The van der Waals surface area contributed by atoms with Crippen LogP contribution >= 0.6 is 11.6 Å². The molecule has 1 aromatic heterocycles. The average Bonchev–Trinajstić information content (AvgIpc) is 2.60. The van der Waals surface area contributed by atoms with Gasteiger partial charge in [-0.2, -0.15) is 0 Å². The summed E-state index contributed by atoms with van der Waals surface area (Å²) in [7, 11) is 0. The number of halogens is 3. The van der Waals surface area contributed by atoms with Crippen LogP contribution in [0.3, 0.4) is 0 Å². The van der Waals surface area contributed by atoms with E-state index in [2.05, 4.69) is 4.98 Å². The summed E-state index contributed by atoms with van der Waals surface area (Å²) >= 11 is 5.81. The van der Waals surface area contributed by atoms with E-state index in [1.807, 2.05) is 0 Å². The third-order valence-corrected chi connectivity index (χ3v) is 2.91. The smallest absolute Gasteiger partial charge is 0.260 e. The zero-order valence-corrected chi connectivity index (χ0v) is 9.35. The van der Waals surface area contributed by atoms with Crippen LogP contribution in [0.5, 0.6) is 0 Å². The van der Waals surface area contributed by atoms with Crippen LogP contribution in [0.1, 0.15) is 12.5 Å². The fourth-order valence-corrected chi connectivity index (χ4v) is 1.83. The standard InChI is InChI=1S/C11H11ClF2N2/c1-11(15,10(13)14)8-5-16-9-4-6(12)2-3-7(8)9/h2-5,10,16H,15H2,1H3. The summed E-state index contributed by atoms with van der Waals surface area (Å²) in [6.45, 7) is 1.31. The molecule has 2 aromatic rings. The van der Waals surface area contributed by atoms with Gasteiger partial charge in [-0.25, -0.2) is 8.78 Å². The molecule has 0 aliphatic rings. The van der Waals surface area contributed by atoms with Gasteiger partial charge >= 0.3 is 0 Å². The van der Waals surface area contributed by atoms with Crippen LogP contribution in [0.2, 0.25) is 5.02 Å². The Balaban J connectivity index is 2.63. The quantitative estimate of drug-likeness (QED) is 0.837. The number of nitrogens with one attached hydrogen (secondary N) is 1. The van der Waals surface area contributed by atoms with Crippen molar-refractivity contribution >= 4 is 22.5 Å². The van der Waals surface area contributed by atoms with Crippen molar-refractivity contribution in [3.63, 3.8) is 0 Å². The van der Waals surface area contributed by atoms with E-state index in [9.17, 15) is 8.78 Å². The first-order valence-corrected chi connectivity index (χ1v) is 5.15. The van der Waals surface area contributed by atoms with Crippen molar-refractivity contribution in [1.29, 1.82) is 0 Å². The third-order valence-electron chi connectivity index (χ3n) is 2.68. The molecule has 0 aliphatic carbocycles. The number of rotatable bonds is 2. The summed E-state index contributed by atoms with van der Waals surface area (Å²) < 4.78 is 25.6. The number of aromatic nitrogens is 1. The Morgan fingerprint density at radius 3 is 2.75 bits per heavy atom. The lowest BCUT2D eigenvalue weighted by atomic mass is 9.93. The molecule has 0 bridgehead atoms. The lowest BCUT2D eigenvalue weighted by molar-refractivity contribution is 0.0633. The number of hydrogen-bond acceptors (Lipinski definition) is 1. The number of nitrogens with two attached hydrogens (primary N) is 1. The lowest BCUT2D eigenvalue weighted by Crippen LogP contribution is -2.40. The normalized spacial score (nSPS) is 15.6. The van der Waals surface area contributed by atoms with E-state index in [4.69, 9.17) is 17.3 Å². The highest BCUT2D eigenvalue weighted by Crippen LogP contribution is 2.32. The van der Waals surface area contributed by atoms with Gasteiger partial charge in [0.05, 0.1) is 0 Å². The Morgan fingerprint density at radius 1 is 1.44 bits per heavy atom. The first kappa shape index (κ1) is 11.4. The van der Waals surface area contributed by atoms with Crippen LogP contribution in [0.25, 0.3) is 10.9 Å². The summed E-state index contributed by atoms with van der Waals surface area (Å²) in [6, 6.07) is 5.03. The van der Waals surface area contributed by atoms with Gasteiger partial charge in [-0.05, 0) is 19.1 Å². The predicted octanol–water partition coefficient (Wildman–Crippen LogP) is 3.26. The van der Waals surface area contributed by atoms with Gasteiger partial charge in [0.1, 0.15) is 5.54 Å². The first-order chi connectivity index (χ1) is 7.43. The monoisotopic (exact) mass is 244 g/mol. The van der Waals surface area contributed by atoms with Crippen molar-refractivity contribution in [2.75, 3.05) is 0 Å². The van der Waals surface area contributed by atoms with Crippen molar-refractivity contribution < 1.29 is 8.78 Å². The highest BCUT2D eigenvalue weighted by molar-refractivity contribution is 6.31. The SMILES string of the molecule is CC(N)(c1c[nH]c2cc(Cl)ccc12)C(F)F. The molecule has 0 aliphatic heterocycles. The fourth-order valence-electron chi connectivity index (χ4n) is 1.66. The molecule has 1 atom stereocenters. The van der Waals surface area contributed by atoms with Gasteiger partial charge in [0.2, 0.25) is 0 Å². The summed E-state index contributed by atoms with van der Waals surface area (Å²) in [4.78, 5) is 2.89. The van der Waals surface area contributed by atoms with Gasteiger partial charge < -0.3 is 10.7 Å². The Hall–Kier alpha value is -1.13. The van der Waals surface area contributed by atoms with Crippen molar-refractivity contribution in [1.82, 2.24) is 4.98 Å². The molecule has 0 saturated carbocycles. The minimum absolute atomic E-state index is 0.397. The highest BCUT2D eigenvalue weighted by atomic mass is 35.5. The van der Waals surface area contributed by atoms with Crippen molar-refractivity contribution in [3.05, 3.63) is 35.0 Å². The van der Waals surface area contributed by atoms with E-state index in [0.29, 0.717) is 21.5 Å². The molecule has 0 fully saturated rings. The second kappa shape index (κ2) is 3.71. The van der Waals surface area contributed by atoms with Crippen LogP contribution in [-0.4, -0.2) is 11.4 Å². The Kier molecular flexibility index (Phi) is 2.64. The van der Waals surface area contributed by atoms with Gasteiger partial charge in [-0.3, -0.25) is 0 Å². The number of alkyl halides is 2. The zero-order valence-electron chi connectivity index (χ0n) is 8.60. The number of benzene rings is 1. The molecule has 5 heteroatoms. The molecule has 0 spiro atoms. The Labute approximate surface area is 96.4 Å². The summed E-state index contributed by atoms with van der Waals surface area (Å²) in [5, 5.41) is 1.23. The number of H-pyrrole nitrogens is 1. The molecule has 1 unspecified atom stereocenters. The number of aromatic amines is 1. The molecule has 1 heterocycles. The third kappa shape index (κ3) is 1.68. The zero-order chi connectivity index (χ0) is 11.9. The van der Waals surface area contributed by atoms with Gasteiger partial charge in [0.15, 0.2) is 0 Å². The van der Waals surface area contributed by atoms with E-state index in [1.54, 1.807) is 18.2 Å².